The van der Waals surface area contributed by atoms with Crippen LogP contribution in [0, 0.1) is 0 Å². The van der Waals surface area contributed by atoms with E-state index >= 15 is 0 Å². The van der Waals surface area contributed by atoms with Gasteiger partial charge in [0, 0.05) is 32.5 Å². The van der Waals surface area contributed by atoms with Gasteiger partial charge in [0.2, 0.25) is 0 Å². The second kappa shape index (κ2) is 19.5. The number of methoxy groups -OCH3 is 4. The Hall–Kier alpha value is -5.58. The molecule has 54 heavy (non-hydrogen) atoms. The highest BCUT2D eigenvalue weighted by Crippen LogP contribution is 2.40. The van der Waals surface area contributed by atoms with E-state index in [9.17, 15) is 0 Å². The molecular formula is C44H46N4O4S2. The van der Waals surface area contributed by atoms with Crippen molar-refractivity contribution < 1.29 is 18.9 Å². The van der Waals surface area contributed by atoms with Crippen molar-refractivity contribution in [1.82, 2.24) is 0 Å². The van der Waals surface area contributed by atoms with Crippen LogP contribution in [0.3, 0.4) is 0 Å². The minimum Gasteiger partial charge on any atom is -0.497 e. The van der Waals surface area contributed by atoms with E-state index in [4.69, 9.17) is 18.9 Å². The van der Waals surface area contributed by atoms with E-state index in [-0.39, 0.29) is 0 Å². The lowest BCUT2D eigenvalue weighted by molar-refractivity contribution is 0.415. The Kier molecular flexibility index (Phi) is 13.8. The Bertz CT molecular complexity index is 1910. The largest absolute Gasteiger partial charge is 0.497 e. The highest BCUT2D eigenvalue weighted by atomic mass is 32.2. The smallest absolute Gasteiger partial charge is 0.119 e. The number of anilines is 8. The molecule has 0 aliphatic heterocycles. The van der Waals surface area contributed by atoms with Gasteiger partial charge in [0.1, 0.15) is 23.0 Å². The standard InChI is InChI=1S/C44H46N4O4S2/c1-49-35-21-13-31(14-22-35)45-39-9-7-11-41(43(39)47-33-17-25-37(51-3)26-18-33)53-29-5-6-30-54-42-12-8-10-40(46-32-15-23-36(50-2)24-16-32)44(42)48-34-19-27-38(52-4)28-20-34/h7-28,45-48H,5-6,29-30H2,1-4H3. The molecule has 0 bridgehead atoms. The monoisotopic (exact) mass is 758 g/mol. The van der Waals surface area contributed by atoms with Crippen LogP contribution in [-0.2, 0) is 0 Å². The van der Waals surface area contributed by atoms with Crippen LogP contribution >= 0.6 is 23.5 Å². The van der Waals surface area contributed by atoms with Gasteiger partial charge >= 0.3 is 0 Å². The second-order valence-corrected chi connectivity index (χ2v) is 14.4. The number of nitrogens with one attached hydrogen (secondary N) is 4. The molecule has 6 aromatic rings. The van der Waals surface area contributed by atoms with E-state index in [1.807, 2.05) is 121 Å². The third-order valence-corrected chi connectivity index (χ3v) is 10.9. The molecule has 0 fully saturated rings. The summed E-state index contributed by atoms with van der Waals surface area (Å²) >= 11 is 3.73. The van der Waals surface area contributed by atoms with E-state index in [1.54, 1.807) is 28.4 Å². The second-order valence-electron chi connectivity index (χ2n) is 12.2. The van der Waals surface area contributed by atoms with Crippen LogP contribution in [0.1, 0.15) is 12.8 Å². The van der Waals surface area contributed by atoms with Gasteiger partial charge in [-0.15, -0.1) is 23.5 Å². The van der Waals surface area contributed by atoms with Gasteiger partial charge in [-0.1, -0.05) is 12.1 Å². The summed E-state index contributed by atoms with van der Waals surface area (Å²) < 4.78 is 21.5. The van der Waals surface area contributed by atoms with Gasteiger partial charge in [-0.05, 0) is 146 Å². The van der Waals surface area contributed by atoms with E-state index in [2.05, 4.69) is 57.7 Å². The van der Waals surface area contributed by atoms with Crippen LogP contribution in [0.15, 0.2) is 143 Å². The van der Waals surface area contributed by atoms with Crippen molar-refractivity contribution in [3.63, 3.8) is 0 Å². The molecule has 0 unspecified atom stereocenters. The van der Waals surface area contributed by atoms with Crippen LogP contribution < -0.4 is 40.2 Å². The van der Waals surface area contributed by atoms with Gasteiger partial charge in [0.05, 0.1) is 51.2 Å². The maximum absolute atomic E-state index is 5.39. The maximum atomic E-state index is 5.39. The number of para-hydroxylation sites is 2. The van der Waals surface area contributed by atoms with Crippen molar-refractivity contribution in [3.8, 4) is 23.0 Å². The summed E-state index contributed by atoms with van der Waals surface area (Å²) in [4.78, 5) is 2.36. The zero-order valence-electron chi connectivity index (χ0n) is 31.0. The minimum absolute atomic E-state index is 0.821. The van der Waals surface area contributed by atoms with Crippen LogP contribution in [0.25, 0.3) is 0 Å². The summed E-state index contributed by atoms with van der Waals surface area (Å²) in [6.07, 6.45) is 2.14. The molecule has 0 spiro atoms. The molecule has 6 aromatic carbocycles. The van der Waals surface area contributed by atoms with E-state index < -0.39 is 0 Å². The number of hydrogen-bond donors (Lipinski definition) is 4. The van der Waals surface area contributed by atoms with Gasteiger partial charge in [-0.3, -0.25) is 0 Å². The molecular weight excluding hydrogens is 713 g/mol. The molecule has 278 valence electrons. The minimum atomic E-state index is 0.821. The molecule has 0 atom stereocenters. The fourth-order valence-corrected chi connectivity index (χ4v) is 7.73. The first kappa shape index (κ1) is 38.2. The normalized spacial score (nSPS) is 10.7. The first-order valence-corrected chi connectivity index (χ1v) is 19.7. The number of rotatable bonds is 19. The average Bonchev–Trinajstić information content (AvgIpc) is 3.22. The van der Waals surface area contributed by atoms with Gasteiger partial charge in [0.25, 0.3) is 0 Å². The average molecular weight is 759 g/mol. The summed E-state index contributed by atoms with van der Waals surface area (Å²) in [7, 11) is 6.72. The molecule has 8 nitrogen and oxygen atoms in total. The van der Waals surface area contributed by atoms with E-state index in [0.717, 1.165) is 92.8 Å². The van der Waals surface area contributed by atoms with Crippen molar-refractivity contribution in [1.29, 1.82) is 0 Å². The molecule has 0 saturated heterocycles. The number of ether oxygens (including phenoxy) is 4. The van der Waals surface area contributed by atoms with Crippen molar-refractivity contribution in [2.45, 2.75) is 22.6 Å². The first-order valence-electron chi connectivity index (χ1n) is 17.7. The van der Waals surface area contributed by atoms with Gasteiger partial charge in [-0.25, -0.2) is 0 Å². The number of unbranched alkanes of at least 4 members (excludes halogenated alkanes) is 1. The number of thioether (sulfide) groups is 2. The van der Waals surface area contributed by atoms with Gasteiger partial charge in [-0.2, -0.15) is 0 Å². The Morgan fingerprint density at radius 2 is 0.667 bits per heavy atom. The summed E-state index contributed by atoms with van der Waals surface area (Å²) in [5, 5.41) is 14.6. The maximum Gasteiger partial charge on any atom is 0.119 e. The lowest BCUT2D eigenvalue weighted by Gasteiger charge is -2.19. The molecule has 0 aliphatic rings. The van der Waals surface area contributed by atoms with E-state index in [1.165, 1.54) is 9.79 Å². The molecule has 0 aromatic heterocycles. The predicted molar refractivity (Wildman–Crippen MR) is 229 cm³/mol. The molecule has 10 heteroatoms. The predicted octanol–water partition coefficient (Wildman–Crippen LogP) is 12.4. The first-order chi connectivity index (χ1) is 26.5. The Morgan fingerprint density at radius 3 is 0.963 bits per heavy atom. The Labute approximate surface area is 327 Å². The Balaban J connectivity index is 1.12. The van der Waals surface area contributed by atoms with Crippen molar-refractivity contribution in [2.24, 2.45) is 0 Å². The highest BCUT2D eigenvalue weighted by Gasteiger charge is 2.13. The summed E-state index contributed by atoms with van der Waals surface area (Å²) in [5.41, 5.74) is 8.00. The van der Waals surface area contributed by atoms with Crippen LogP contribution in [0.5, 0.6) is 23.0 Å². The number of hydrogen-bond acceptors (Lipinski definition) is 10. The molecule has 0 amide bonds. The molecule has 6 rings (SSSR count). The zero-order chi connectivity index (χ0) is 37.5. The quantitative estimate of drug-likeness (QED) is 0.0473. The SMILES string of the molecule is COc1ccc(Nc2cccc(SCCCCSc3cccc(Nc4ccc(OC)cc4)c3Nc3ccc(OC)cc3)c2Nc2ccc(OC)cc2)cc1. The van der Waals surface area contributed by atoms with Crippen LogP contribution in [-0.4, -0.2) is 39.9 Å². The molecule has 0 aliphatic carbocycles. The summed E-state index contributed by atoms with van der Waals surface area (Å²) in [6, 6.07) is 44.7. The fraction of sp³-hybridized carbons (Fsp3) is 0.182. The third kappa shape index (κ3) is 10.5. The summed E-state index contributed by atoms with van der Waals surface area (Å²) in [6.45, 7) is 0. The highest BCUT2D eigenvalue weighted by molar-refractivity contribution is 7.99. The van der Waals surface area contributed by atoms with Gasteiger partial charge in [0.15, 0.2) is 0 Å². The molecule has 0 saturated carbocycles. The van der Waals surface area contributed by atoms with Crippen molar-refractivity contribution in [3.05, 3.63) is 133 Å². The zero-order valence-corrected chi connectivity index (χ0v) is 32.6. The lowest BCUT2D eigenvalue weighted by atomic mass is 10.2. The van der Waals surface area contributed by atoms with Crippen molar-refractivity contribution in [2.75, 3.05) is 61.2 Å². The third-order valence-electron chi connectivity index (χ3n) is 8.56. The number of benzene rings is 6. The van der Waals surface area contributed by atoms with Crippen LogP contribution in [0.2, 0.25) is 0 Å². The van der Waals surface area contributed by atoms with Crippen molar-refractivity contribution >= 4 is 69.0 Å². The lowest BCUT2D eigenvalue weighted by Crippen LogP contribution is -2.00. The Morgan fingerprint density at radius 1 is 0.370 bits per heavy atom. The topological polar surface area (TPSA) is 85.0 Å². The van der Waals surface area contributed by atoms with Crippen LogP contribution in [0.4, 0.5) is 45.5 Å². The molecule has 0 heterocycles. The summed E-state index contributed by atoms with van der Waals surface area (Å²) in [5.74, 6) is 5.26. The van der Waals surface area contributed by atoms with E-state index in [0.29, 0.717) is 0 Å². The molecule has 4 N–H and O–H groups in total. The molecule has 0 radical (unpaired) electrons. The van der Waals surface area contributed by atoms with Gasteiger partial charge < -0.3 is 40.2 Å². The fourth-order valence-electron chi connectivity index (χ4n) is 5.63.